The van der Waals surface area contributed by atoms with E-state index in [2.05, 4.69) is 34.1 Å². The summed E-state index contributed by atoms with van der Waals surface area (Å²) < 4.78 is 15.0. The summed E-state index contributed by atoms with van der Waals surface area (Å²) in [5.41, 5.74) is 8.72. The largest absolute Gasteiger partial charge is 0.383 e. The summed E-state index contributed by atoms with van der Waals surface area (Å²) in [6, 6.07) is 25.4. The van der Waals surface area contributed by atoms with E-state index >= 15 is 4.39 Å². The first-order valence-corrected chi connectivity index (χ1v) is 8.87. The Bertz CT molecular complexity index is 1010. The zero-order valence-corrected chi connectivity index (χ0v) is 14.8. The van der Waals surface area contributed by atoms with E-state index in [-0.39, 0.29) is 5.82 Å². The number of benzene rings is 3. The maximum absolute atomic E-state index is 15.0. The minimum Gasteiger partial charge on any atom is -0.383 e. The van der Waals surface area contributed by atoms with E-state index in [9.17, 15) is 0 Å². The van der Waals surface area contributed by atoms with Crippen molar-refractivity contribution < 1.29 is 4.39 Å². The number of nitrogen functional groups attached to an aromatic ring is 1. The van der Waals surface area contributed by atoms with Gasteiger partial charge in [-0.25, -0.2) is 9.37 Å². The maximum atomic E-state index is 15.0. The van der Waals surface area contributed by atoms with Crippen LogP contribution in [-0.4, -0.2) is 4.98 Å². The fourth-order valence-corrected chi connectivity index (χ4v) is 3.28. The Morgan fingerprint density at radius 2 is 1.41 bits per heavy atom. The molecule has 2 N–H and O–H groups in total. The van der Waals surface area contributed by atoms with E-state index in [4.69, 9.17) is 5.73 Å². The van der Waals surface area contributed by atoms with E-state index < -0.39 is 0 Å². The Labute approximate surface area is 157 Å². The normalized spacial score (nSPS) is 10.9. The molecule has 0 saturated heterocycles. The second-order valence-electron chi connectivity index (χ2n) is 6.55. The standard InChI is InChI=1S/C23H20FN3/c24-21-14-20-19(11-12-26-23(20)25)13-22(21)27(15-17-7-3-1-4-8-17)16-18-9-5-2-6-10-18/h1-14H,15-16H2,(H2,25,26). The molecule has 4 heteroatoms. The molecule has 0 unspecified atom stereocenters. The number of anilines is 2. The van der Waals surface area contributed by atoms with Crippen LogP contribution in [0.1, 0.15) is 11.1 Å². The highest BCUT2D eigenvalue weighted by Gasteiger charge is 2.15. The number of fused-ring (bicyclic) bond motifs is 1. The van der Waals surface area contributed by atoms with Crippen LogP contribution < -0.4 is 10.6 Å². The van der Waals surface area contributed by atoms with Crippen molar-refractivity contribution in [2.24, 2.45) is 0 Å². The Morgan fingerprint density at radius 1 is 0.815 bits per heavy atom. The van der Waals surface area contributed by atoms with Gasteiger partial charge in [0, 0.05) is 24.7 Å². The number of halogens is 1. The van der Waals surface area contributed by atoms with Crippen molar-refractivity contribution in [1.29, 1.82) is 0 Å². The van der Waals surface area contributed by atoms with Crippen LogP contribution in [0.5, 0.6) is 0 Å². The van der Waals surface area contributed by atoms with Crippen molar-refractivity contribution in [2.75, 3.05) is 10.6 Å². The van der Waals surface area contributed by atoms with Crippen molar-refractivity contribution in [2.45, 2.75) is 13.1 Å². The van der Waals surface area contributed by atoms with E-state index in [1.54, 1.807) is 6.20 Å². The van der Waals surface area contributed by atoms with Gasteiger partial charge < -0.3 is 10.6 Å². The van der Waals surface area contributed by atoms with Crippen LogP contribution in [0.2, 0.25) is 0 Å². The Morgan fingerprint density at radius 3 is 2.00 bits per heavy atom. The molecule has 3 aromatic carbocycles. The van der Waals surface area contributed by atoms with Gasteiger partial charge in [-0.2, -0.15) is 0 Å². The molecule has 0 aliphatic heterocycles. The lowest BCUT2D eigenvalue weighted by atomic mass is 10.1. The first kappa shape index (κ1) is 17.0. The van der Waals surface area contributed by atoms with Crippen LogP contribution >= 0.6 is 0 Å². The summed E-state index contributed by atoms with van der Waals surface area (Å²) in [5.74, 6) is 0.0460. The molecule has 0 amide bonds. The lowest BCUT2D eigenvalue weighted by Crippen LogP contribution is -2.23. The highest BCUT2D eigenvalue weighted by atomic mass is 19.1. The predicted octanol–water partition coefficient (Wildman–Crippen LogP) is 5.16. The Kier molecular flexibility index (Phi) is 4.71. The average Bonchev–Trinajstić information content (AvgIpc) is 2.69. The summed E-state index contributed by atoms with van der Waals surface area (Å²) in [6.07, 6.45) is 1.65. The molecule has 0 fully saturated rings. The summed E-state index contributed by atoms with van der Waals surface area (Å²) in [5, 5.41) is 1.52. The van der Waals surface area contributed by atoms with Crippen molar-refractivity contribution in [1.82, 2.24) is 4.98 Å². The Hall–Kier alpha value is -3.40. The second kappa shape index (κ2) is 7.46. The van der Waals surface area contributed by atoms with E-state index in [1.165, 1.54) is 6.07 Å². The lowest BCUT2D eigenvalue weighted by Gasteiger charge is -2.26. The number of aromatic nitrogens is 1. The predicted molar refractivity (Wildman–Crippen MR) is 109 cm³/mol. The van der Waals surface area contributed by atoms with Crippen LogP contribution in [0.4, 0.5) is 15.9 Å². The van der Waals surface area contributed by atoms with Gasteiger partial charge >= 0.3 is 0 Å². The molecule has 134 valence electrons. The maximum Gasteiger partial charge on any atom is 0.147 e. The van der Waals surface area contributed by atoms with Gasteiger partial charge in [-0.05, 0) is 34.7 Å². The summed E-state index contributed by atoms with van der Waals surface area (Å²) in [7, 11) is 0. The number of rotatable bonds is 5. The molecule has 0 aliphatic rings. The van der Waals surface area contributed by atoms with Gasteiger partial charge in [-0.15, -0.1) is 0 Å². The molecule has 0 spiro atoms. The quantitative estimate of drug-likeness (QED) is 0.536. The third kappa shape index (κ3) is 3.75. The SMILES string of the molecule is Nc1nccc2cc(N(Cc3ccccc3)Cc3ccccc3)c(F)cc12. The number of hydrogen-bond donors (Lipinski definition) is 1. The average molecular weight is 357 g/mol. The van der Waals surface area contributed by atoms with Gasteiger partial charge in [0.1, 0.15) is 11.6 Å². The molecule has 0 atom stereocenters. The molecule has 4 rings (SSSR count). The highest BCUT2D eigenvalue weighted by molar-refractivity contribution is 5.93. The molecule has 1 aromatic heterocycles. The fourth-order valence-electron chi connectivity index (χ4n) is 3.28. The van der Waals surface area contributed by atoms with Crippen LogP contribution in [0.15, 0.2) is 85.1 Å². The van der Waals surface area contributed by atoms with E-state index in [0.717, 1.165) is 16.5 Å². The fraction of sp³-hybridized carbons (Fsp3) is 0.0870. The van der Waals surface area contributed by atoms with Crippen molar-refractivity contribution in [3.05, 3.63) is 102 Å². The van der Waals surface area contributed by atoms with Gasteiger partial charge in [-0.1, -0.05) is 60.7 Å². The van der Waals surface area contributed by atoms with E-state index in [1.807, 2.05) is 48.5 Å². The molecule has 3 nitrogen and oxygen atoms in total. The number of hydrogen-bond acceptors (Lipinski definition) is 3. The molecular formula is C23H20FN3. The summed E-state index contributed by atoms with van der Waals surface area (Å²) >= 11 is 0. The van der Waals surface area contributed by atoms with Gasteiger partial charge in [0.05, 0.1) is 5.69 Å². The topological polar surface area (TPSA) is 42.1 Å². The first-order valence-electron chi connectivity index (χ1n) is 8.87. The van der Waals surface area contributed by atoms with Crippen LogP contribution in [0.3, 0.4) is 0 Å². The lowest BCUT2D eigenvalue weighted by molar-refractivity contribution is 0.617. The molecule has 4 aromatic rings. The first-order chi connectivity index (χ1) is 13.2. The van der Waals surface area contributed by atoms with Crippen LogP contribution in [0.25, 0.3) is 10.8 Å². The van der Waals surface area contributed by atoms with Gasteiger partial charge in [0.2, 0.25) is 0 Å². The zero-order valence-electron chi connectivity index (χ0n) is 14.8. The number of nitrogens with two attached hydrogens (primary N) is 1. The third-order valence-electron chi connectivity index (χ3n) is 4.64. The minimum absolute atomic E-state index is 0.297. The van der Waals surface area contributed by atoms with Gasteiger partial charge in [0.25, 0.3) is 0 Å². The monoisotopic (exact) mass is 357 g/mol. The van der Waals surface area contributed by atoms with Gasteiger partial charge in [-0.3, -0.25) is 0 Å². The number of nitrogens with zero attached hydrogens (tertiary/aromatic N) is 2. The molecule has 0 radical (unpaired) electrons. The molecule has 27 heavy (non-hydrogen) atoms. The minimum atomic E-state index is -0.297. The molecular weight excluding hydrogens is 337 g/mol. The van der Waals surface area contributed by atoms with E-state index in [0.29, 0.717) is 30.0 Å². The highest BCUT2D eigenvalue weighted by Crippen LogP contribution is 2.30. The molecule has 0 saturated carbocycles. The Balaban J connectivity index is 1.77. The molecule has 0 aliphatic carbocycles. The van der Waals surface area contributed by atoms with Gasteiger partial charge in [0.15, 0.2) is 0 Å². The smallest absolute Gasteiger partial charge is 0.147 e. The second-order valence-corrected chi connectivity index (χ2v) is 6.55. The molecule has 0 bridgehead atoms. The van der Waals surface area contributed by atoms with Crippen LogP contribution in [-0.2, 0) is 13.1 Å². The van der Waals surface area contributed by atoms with Crippen molar-refractivity contribution >= 4 is 22.3 Å². The summed E-state index contributed by atoms with van der Waals surface area (Å²) in [4.78, 5) is 6.11. The van der Waals surface area contributed by atoms with Crippen molar-refractivity contribution in [3.8, 4) is 0 Å². The third-order valence-corrected chi connectivity index (χ3v) is 4.64. The zero-order chi connectivity index (χ0) is 18.6. The van der Waals surface area contributed by atoms with Crippen LogP contribution in [0, 0.1) is 5.82 Å². The van der Waals surface area contributed by atoms with Crippen molar-refractivity contribution in [3.63, 3.8) is 0 Å². The molecule has 1 heterocycles. The summed E-state index contributed by atoms with van der Waals surface area (Å²) in [6.45, 7) is 1.22. The number of pyridine rings is 1.